The van der Waals surface area contributed by atoms with Crippen molar-refractivity contribution in [2.45, 2.75) is 57.0 Å². The van der Waals surface area contributed by atoms with Crippen molar-refractivity contribution in [3.8, 4) is 17.6 Å². The number of phosphoric acid groups is 1. The second kappa shape index (κ2) is 12.6. The van der Waals surface area contributed by atoms with Crippen molar-refractivity contribution in [3.05, 3.63) is 57.4 Å². The van der Waals surface area contributed by atoms with Gasteiger partial charge in [-0.25, -0.2) is 18.5 Å². The Morgan fingerprint density at radius 2 is 2.03 bits per heavy atom. The highest BCUT2D eigenvalue weighted by Gasteiger charge is 2.56. The molecule has 1 aliphatic rings. The first-order chi connectivity index (χ1) is 18.4. The van der Waals surface area contributed by atoms with Crippen LogP contribution in [0.3, 0.4) is 0 Å². The largest absolute Gasteiger partial charge is 0.530 e. The van der Waals surface area contributed by atoms with Gasteiger partial charge in [-0.05, 0) is 32.9 Å². The Balaban J connectivity index is 1.88. The number of phosphoric ester groups is 1. The Bertz CT molecular complexity index is 1370. The smallest absolute Gasteiger partial charge is 0.461 e. The van der Waals surface area contributed by atoms with E-state index in [1.54, 1.807) is 32.0 Å². The number of H-pyrrole nitrogens is 1. The molecule has 3 rings (SSSR count). The molecule has 1 saturated heterocycles. The number of para-hydroxylation sites is 1. The maximum absolute atomic E-state index is 13.6. The highest BCUT2D eigenvalue weighted by Crippen LogP contribution is 2.51. The maximum Gasteiger partial charge on any atom is 0.530 e. The van der Waals surface area contributed by atoms with Crippen LogP contribution >= 0.6 is 7.82 Å². The summed E-state index contributed by atoms with van der Waals surface area (Å²) < 4.78 is 54.0. The van der Waals surface area contributed by atoms with Crippen molar-refractivity contribution < 1.29 is 41.9 Å². The van der Waals surface area contributed by atoms with Gasteiger partial charge >= 0.3 is 19.5 Å². The van der Waals surface area contributed by atoms with Crippen LogP contribution in [0.25, 0.3) is 0 Å². The predicted octanol–water partition coefficient (Wildman–Crippen LogP) is 0.421. The second-order valence-electron chi connectivity index (χ2n) is 8.60. The predicted molar refractivity (Wildman–Crippen MR) is 132 cm³/mol. The number of alkyl halides is 1. The van der Waals surface area contributed by atoms with E-state index in [0.29, 0.717) is 4.68 Å². The quantitative estimate of drug-likeness (QED) is 0.203. The number of aliphatic hydroxyl groups excluding tert-OH is 1. The van der Waals surface area contributed by atoms with Gasteiger partial charge in [0.2, 0.25) is 0 Å². The number of nitrogens with one attached hydrogen (secondary N) is 1. The van der Waals surface area contributed by atoms with E-state index in [-0.39, 0.29) is 5.75 Å². The minimum absolute atomic E-state index is 0.0713. The summed E-state index contributed by atoms with van der Waals surface area (Å²) in [6, 6.07) is 7.77. The number of aromatic amines is 1. The molecule has 2 heterocycles. The number of carbonyl (C=O) groups excluding carboxylic acids is 1. The van der Waals surface area contributed by atoms with Crippen molar-refractivity contribution in [2.24, 2.45) is 5.73 Å². The molecular weight excluding hydrogens is 542 g/mol. The molecule has 1 aliphatic heterocycles. The molecule has 0 spiro atoms. The van der Waals surface area contributed by atoms with Crippen LogP contribution < -0.4 is 21.5 Å². The third kappa shape index (κ3) is 7.39. The Labute approximate surface area is 221 Å². The van der Waals surface area contributed by atoms with Gasteiger partial charge in [0.1, 0.15) is 30.8 Å². The summed E-state index contributed by atoms with van der Waals surface area (Å²) in [5.74, 6) is 3.63. The van der Waals surface area contributed by atoms with E-state index >= 15 is 0 Å². The Morgan fingerprint density at radius 3 is 2.64 bits per heavy atom. The molecule has 0 amide bonds. The van der Waals surface area contributed by atoms with Crippen LogP contribution in [0, 0.1) is 11.8 Å². The number of hydrogen-bond acceptors (Lipinski definition) is 12. The minimum atomic E-state index is -4.60. The average molecular weight is 570 g/mol. The number of hydrogen-bond donors (Lipinski definition) is 3. The standard InChI is InChI=1S/C23H28FN4O10P/c1-14(2)35-20(31)15(3)37-39(33,38-16-8-5-4-6-9-16)34-13-17-19(30)23(25,10-7-11-24)21(36-17)28-22(32)27-18(29)12-26-28/h4-6,8-9,12,14-15,17,19,21,30H,11,13,25H2,1-3H3,(H,27,29,32)/t15-,17+,19-,21+,23?,39-/m0/s1. The highest BCUT2D eigenvalue weighted by atomic mass is 31.2. The summed E-state index contributed by atoms with van der Waals surface area (Å²) in [5.41, 5.74) is 2.26. The van der Waals surface area contributed by atoms with Crippen LogP contribution in [-0.4, -0.2) is 69.1 Å². The highest BCUT2D eigenvalue weighted by molar-refractivity contribution is 7.49. The molecule has 1 fully saturated rings. The van der Waals surface area contributed by atoms with Gasteiger partial charge in [0.05, 0.1) is 12.7 Å². The maximum atomic E-state index is 13.6. The van der Waals surface area contributed by atoms with Crippen LogP contribution in [0.5, 0.6) is 5.75 Å². The van der Waals surface area contributed by atoms with Gasteiger partial charge in [0.25, 0.3) is 5.56 Å². The Morgan fingerprint density at radius 1 is 1.33 bits per heavy atom. The van der Waals surface area contributed by atoms with E-state index in [0.717, 1.165) is 6.20 Å². The number of aromatic nitrogens is 3. The van der Waals surface area contributed by atoms with Gasteiger partial charge in [-0.3, -0.25) is 18.8 Å². The number of nitrogens with two attached hydrogens (primary N) is 1. The zero-order valence-electron chi connectivity index (χ0n) is 21.2. The van der Waals surface area contributed by atoms with Crippen molar-refractivity contribution >= 4 is 13.8 Å². The Hall–Kier alpha value is -3.38. The van der Waals surface area contributed by atoms with Crippen molar-refractivity contribution in [1.82, 2.24) is 14.8 Å². The first-order valence-electron chi connectivity index (χ1n) is 11.6. The van der Waals surface area contributed by atoms with Gasteiger partial charge < -0.3 is 24.8 Å². The van der Waals surface area contributed by atoms with E-state index in [1.807, 2.05) is 4.98 Å². The van der Waals surface area contributed by atoms with E-state index < -0.39 is 74.5 Å². The zero-order valence-corrected chi connectivity index (χ0v) is 22.1. The van der Waals surface area contributed by atoms with Crippen molar-refractivity contribution in [2.75, 3.05) is 13.3 Å². The van der Waals surface area contributed by atoms with Crippen LogP contribution in [0.15, 0.2) is 46.1 Å². The fourth-order valence-electron chi connectivity index (χ4n) is 3.47. The molecule has 0 bridgehead atoms. The monoisotopic (exact) mass is 570 g/mol. The molecule has 0 saturated carbocycles. The van der Waals surface area contributed by atoms with E-state index in [2.05, 4.69) is 16.9 Å². The molecule has 1 aromatic carbocycles. The summed E-state index contributed by atoms with van der Waals surface area (Å²) in [7, 11) is -4.60. The number of esters is 1. The number of aliphatic hydroxyl groups is 1. The lowest BCUT2D eigenvalue weighted by molar-refractivity contribution is -0.156. The van der Waals surface area contributed by atoms with Crippen molar-refractivity contribution in [3.63, 3.8) is 0 Å². The number of rotatable bonds is 10. The first kappa shape index (κ1) is 30.2. The van der Waals surface area contributed by atoms with Gasteiger partial charge in [-0.2, -0.15) is 9.78 Å². The van der Waals surface area contributed by atoms with Crippen LogP contribution in [0.4, 0.5) is 4.39 Å². The molecule has 0 aliphatic carbocycles. The fourth-order valence-corrected chi connectivity index (χ4v) is 4.81. The summed E-state index contributed by atoms with van der Waals surface area (Å²) in [4.78, 5) is 38.0. The number of carbonyl (C=O) groups is 1. The molecule has 4 N–H and O–H groups in total. The third-order valence-electron chi connectivity index (χ3n) is 5.21. The number of nitrogens with zero attached hydrogens (tertiary/aromatic N) is 2. The molecule has 6 atom stereocenters. The minimum Gasteiger partial charge on any atom is -0.461 e. The van der Waals surface area contributed by atoms with E-state index in [1.165, 1.54) is 19.1 Å². The van der Waals surface area contributed by atoms with Gasteiger partial charge in [-0.1, -0.05) is 30.0 Å². The lowest BCUT2D eigenvalue weighted by atomic mass is 9.92. The van der Waals surface area contributed by atoms with Gasteiger partial charge in [0, 0.05) is 0 Å². The molecule has 39 heavy (non-hydrogen) atoms. The van der Waals surface area contributed by atoms with Crippen molar-refractivity contribution in [1.29, 1.82) is 0 Å². The van der Waals surface area contributed by atoms with Crippen LogP contribution in [-0.2, 0) is 27.9 Å². The second-order valence-corrected chi connectivity index (χ2v) is 10.2. The van der Waals surface area contributed by atoms with Crippen LogP contribution in [0.2, 0.25) is 0 Å². The fraction of sp³-hybridized carbons (Fsp3) is 0.478. The molecular formula is C23H28FN4O10P. The summed E-state index contributed by atoms with van der Waals surface area (Å²) in [6.07, 6.45) is -5.93. The summed E-state index contributed by atoms with van der Waals surface area (Å²) in [6.45, 7) is 2.65. The number of halogens is 1. The Kier molecular flexibility index (Phi) is 9.78. The normalized spacial score (nSPS) is 24.8. The number of benzene rings is 1. The number of ether oxygens (including phenoxy) is 2. The van der Waals surface area contributed by atoms with Crippen LogP contribution in [0.1, 0.15) is 27.0 Å². The molecule has 1 unspecified atom stereocenters. The summed E-state index contributed by atoms with van der Waals surface area (Å²) in [5, 5.41) is 14.6. The average Bonchev–Trinajstić information content (AvgIpc) is 3.11. The zero-order chi connectivity index (χ0) is 28.8. The molecule has 212 valence electrons. The van der Waals surface area contributed by atoms with E-state index in [9.17, 15) is 28.4 Å². The first-order valence-corrected chi connectivity index (χ1v) is 13.1. The lowest BCUT2D eigenvalue weighted by Crippen LogP contribution is -2.55. The molecule has 14 nitrogen and oxygen atoms in total. The molecule has 1 aromatic heterocycles. The SMILES string of the molecule is CC(C)OC(=O)[C@H](C)O[P@](=O)(OC[C@H]1O[C@@H](n2ncc(=O)[nH]c2=O)C(N)(C#CCF)[C@H]1O)Oc1ccccc1. The molecule has 2 aromatic rings. The van der Waals surface area contributed by atoms with Gasteiger partial charge in [0.15, 0.2) is 17.9 Å². The molecule has 0 radical (unpaired) electrons. The molecule has 16 heteroatoms. The van der Waals surface area contributed by atoms with Gasteiger partial charge in [-0.15, -0.1) is 0 Å². The topological polar surface area (TPSA) is 194 Å². The summed E-state index contributed by atoms with van der Waals surface area (Å²) >= 11 is 0. The third-order valence-corrected chi connectivity index (χ3v) is 6.69. The lowest BCUT2D eigenvalue weighted by Gasteiger charge is -2.27. The van der Waals surface area contributed by atoms with E-state index in [4.69, 9.17) is 28.8 Å².